The summed E-state index contributed by atoms with van der Waals surface area (Å²) < 4.78 is 12.8. The van der Waals surface area contributed by atoms with E-state index in [9.17, 15) is 9.50 Å². The molecule has 0 aliphatic heterocycles. The first-order valence-electron chi connectivity index (χ1n) is 5.83. The molecule has 0 amide bonds. The minimum atomic E-state index is -0.271. The van der Waals surface area contributed by atoms with Gasteiger partial charge < -0.3 is 5.11 Å². The number of nitrogens with zero attached hydrogens (tertiary/aromatic N) is 1. The molecule has 2 aromatic carbocycles. The topological polar surface area (TPSA) is 32.6 Å². The van der Waals surface area contributed by atoms with Gasteiger partial charge in [0.15, 0.2) is 0 Å². The van der Waals surface area contributed by atoms with Gasteiger partial charge in [0.2, 0.25) is 0 Å². The molecule has 0 fully saturated rings. The molecule has 0 bridgehead atoms. The average Bonchev–Trinajstić information content (AvgIpc) is 2.40. The first-order chi connectivity index (χ1) is 9.06. The molecular formula is C15H13ClFNO. The molecule has 0 radical (unpaired) electrons. The molecule has 4 heteroatoms. The van der Waals surface area contributed by atoms with Crippen molar-refractivity contribution in [1.29, 1.82) is 0 Å². The predicted molar refractivity (Wildman–Crippen MR) is 75.5 cm³/mol. The zero-order valence-electron chi connectivity index (χ0n) is 10.3. The van der Waals surface area contributed by atoms with Crippen LogP contribution in [0.1, 0.15) is 24.1 Å². The molecule has 0 saturated heterocycles. The number of hydrogen-bond donors (Lipinski definition) is 1. The highest BCUT2D eigenvalue weighted by Crippen LogP contribution is 2.21. The summed E-state index contributed by atoms with van der Waals surface area (Å²) >= 11 is 5.85. The van der Waals surface area contributed by atoms with Crippen LogP contribution in [-0.2, 0) is 0 Å². The third kappa shape index (κ3) is 3.55. The van der Waals surface area contributed by atoms with Crippen LogP contribution in [0, 0.1) is 5.82 Å². The van der Waals surface area contributed by atoms with Crippen LogP contribution in [0.5, 0.6) is 5.75 Å². The third-order valence-corrected chi connectivity index (χ3v) is 3.01. The molecule has 2 rings (SSSR count). The number of aromatic hydroxyl groups is 1. The van der Waals surface area contributed by atoms with Gasteiger partial charge in [-0.1, -0.05) is 23.7 Å². The maximum absolute atomic E-state index is 12.8. The van der Waals surface area contributed by atoms with Crippen molar-refractivity contribution >= 4 is 17.8 Å². The second-order valence-corrected chi connectivity index (χ2v) is 4.65. The van der Waals surface area contributed by atoms with E-state index in [1.807, 2.05) is 6.92 Å². The largest absolute Gasteiger partial charge is 0.507 e. The van der Waals surface area contributed by atoms with Crippen molar-refractivity contribution in [2.45, 2.75) is 13.0 Å². The summed E-state index contributed by atoms with van der Waals surface area (Å²) in [5.74, 6) is -0.146. The number of phenols is 1. The Hall–Kier alpha value is -1.87. The third-order valence-electron chi connectivity index (χ3n) is 2.78. The number of halogens is 2. The van der Waals surface area contributed by atoms with Crippen LogP contribution < -0.4 is 0 Å². The molecule has 1 N–H and O–H groups in total. The van der Waals surface area contributed by atoms with Gasteiger partial charge in [-0.05, 0) is 42.8 Å². The summed E-state index contributed by atoms with van der Waals surface area (Å²) in [7, 11) is 0. The highest BCUT2D eigenvalue weighted by molar-refractivity contribution is 6.30. The fourth-order valence-corrected chi connectivity index (χ4v) is 1.83. The van der Waals surface area contributed by atoms with Gasteiger partial charge >= 0.3 is 0 Å². The Morgan fingerprint density at radius 1 is 1.21 bits per heavy atom. The Morgan fingerprint density at radius 3 is 2.58 bits per heavy atom. The Labute approximate surface area is 116 Å². The zero-order chi connectivity index (χ0) is 13.8. The first-order valence-corrected chi connectivity index (χ1v) is 6.21. The number of phenolic OH excluding ortho intramolecular Hbond substituents is 1. The quantitative estimate of drug-likeness (QED) is 0.831. The SMILES string of the molecule is C[C@@H](N=Cc1cc(Cl)ccc1O)c1ccc(F)cc1. The number of hydrogen-bond acceptors (Lipinski definition) is 2. The van der Waals surface area contributed by atoms with E-state index in [-0.39, 0.29) is 17.6 Å². The van der Waals surface area contributed by atoms with Gasteiger partial charge in [0.25, 0.3) is 0 Å². The van der Waals surface area contributed by atoms with Crippen LogP contribution >= 0.6 is 11.6 Å². The van der Waals surface area contributed by atoms with Crippen molar-refractivity contribution in [2.75, 3.05) is 0 Å². The summed E-state index contributed by atoms with van der Waals surface area (Å²) in [5.41, 5.74) is 1.46. The highest BCUT2D eigenvalue weighted by Gasteiger charge is 2.04. The molecule has 2 aromatic rings. The van der Waals surface area contributed by atoms with Crippen LogP contribution in [0.4, 0.5) is 4.39 Å². The molecule has 0 aliphatic rings. The van der Waals surface area contributed by atoms with Gasteiger partial charge in [-0.3, -0.25) is 4.99 Å². The van der Waals surface area contributed by atoms with E-state index in [2.05, 4.69) is 4.99 Å². The molecule has 0 aliphatic carbocycles. The maximum atomic E-state index is 12.8. The first kappa shape index (κ1) is 13.6. The molecule has 98 valence electrons. The van der Waals surface area contributed by atoms with Crippen molar-refractivity contribution in [2.24, 2.45) is 4.99 Å². The van der Waals surface area contributed by atoms with Crippen molar-refractivity contribution in [3.8, 4) is 5.75 Å². The normalized spacial score (nSPS) is 12.8. The number of rotatable bonds is 3. The van der Waals surface area contributed by atoms with Gasteiger partial charge in [-0.15, -0.1) is 0 Å². The van der Waals surface area contributed by atoms with E-state index in [0.29, 0.717) is 10.6 Å². The maximum Gasteiger partial charge on any atom is 0.124 e. The van der Waals surface area contributed by atoms with Gasteiger partial charge in [0.05, 0.1) is 6.04 Å². The molecule has 2 nitrogen and oxygen atoms in total. The minimum absolute atomic E-state index is 0.124. The van der Waals surface area contributed by atoms with Gasteiger partial charge in [-0.25, -0.2) is 4.39 Å². The molecule has 1 atom stereocenters. The number of aliphatic imine (C=N–C) groups is 1. The van der Waals surface area contributed by atoms with E-state index in [1.54, 1.807) is 30.5 Å². The lowest BCUT2D eigenvalue weighted by atomic mass is 10.1. The fourth-order valence-electron chi connectivity index (χ4n) is 1.65. The van der Waals surface area contributed by atoms with Gasteiger partial charge in [0, 0.05) is 16.8 Å². The Kier molecular flexibility index (Phi) is 4.17. The Balaban J connectivity index is 2.18. The second-order valence-electron chi connectivity index (χ2n) is 4.21. The molecule has 19 heavy (non-hydrogen) atoms. The molecular weight excluding hydrogens is 265 g/mol. The molecule has 0 heterocycles. The van der Waals surface area contributed by atoms with Gasteiger partial charge in [0.1, 0.15) is 11.6 Å². The Bertz CT molecular complexity index is 596. The van der Waals surface area contributed by atoms with Crippen molar-refractivity contribution in [3.05, 3.63) is 64.4 Å². The smallest absolute Gasteiger partial charge is 0.124 e. The fraction of sp³-hybridized carbons (Fsp3) is 0.133. The van der Waals surface area contributed by atoms with E-state index >= 15 is 0 Å². The molecule has 0 unspecified atom stereocenters. The lowest BCUT2D eigenvalue weighted by Crippen LogP contribution is -1.92. The van der Waals surface area contributed by atoms with Crippen molar-refractivity contribution in [1.82, 2.24) is 0 Å². The second kappa shape index (κ2) is 5.85. The van der Waals surface area contributed by atoms with Crippen LogP contribution in [0.2, 0.25) is 5.02 Å². The van der Waals surface area contributed by atoms with E-state index in [0.717, 1.165) is 5.56 Å². The standard InChI is InChI=1S/C15H13ClFNO/c1-10(11-2-5-14(17)6-3-11)18-9-12-8-13(16)4-7-15(12)19/h2-10,19H,1H3/t10-/m1/s1. The summed E-state index contributed by atoms with van der Waals surface area (Å²) in [6.07, 6.45) is 1.56. The minimum Gasteiger partial charge on any atom is -0.507 e. The van der Waals surface area contributed by atoms with E-state index in [4.69, 9.17) is 11.6 Å². The number of benzene rings is 2. The summed E-state index contributed by atoms with van der Waals surface area (Å²) in [4.78, 5) is 4.33. The lowest BCUT2D eigenvalue weighted by molar-refractivity contribution is 0.474. The lowest BCUT2D eigenvalue weighted by Gasteiger charge is -2.06. The highest BCUT2D eigenvalue weighted by atomic mass is 35.5. The molecule has 0 saturated carbocycles. The molecule has 0 aromatic heterocycles. The summed E-state index contributed by atoms with van der Waals surface area (Å²) in [5, 5.41) is 10.2. The van der Waals surface area contributed by atoms with Gasteiger partial charge in [-0.2, -0.15) is 0 Å². The monoisotopic (exact) mass is 277 g/mol. The predicted octanol–water partition coefficient (Wildman–Crippen LogP) is 4.36. The van der Waals surface area contributed by atoms with Crippen LogP contribution in [-0.4, -0.2) is 11.3 Å². The summed E-state index contributed by atoms with van der Waals surface area (Å²) in [6, 6.07) is 10.8. The van der Waals surface area contributed by atoms with E-state index in [1.165, 1.54) is 18.2 Å². The Morgan fingerprint density at radius 2 is 1.89 bits per heavy atom. The van der Waals surface area contributed by atoms with E-state index < -0.39 is 0 Å². The van der Waals surface area contributed by atoms with Crippen LogP contribution in [0.3, 0.4) is 0 Å². The molecule has 0 spiro atoms. The average molecular weight is 278 g/mol. The van der Waals surface area contributed by atoms with Crippen molar-refractivity contribution in [3.63, 3.8) is 0 Å². The van der Waals surface area contributed by atoms with Crippen LogP contribution in [0.15, 0.2) is 47.5 Å². The van der Waals surface area contributed by atoms with Crippen molar-refractivity contribution < 1.29 is 9.50 Å². The van der Waals surface area contributed by atoms with Crippen LogP contribution in [0.25, 0.3) is 0 Å². The zero-order valence-corrected chi connectivity index (χ0v) is 11.1. The summed E-state index contributed by atoms with van der Waals surface area (Å²) in [6.45, 7) is 1.89.